The van der Waals surface area contributed by atoms with Gasteiger partial charge >= 0.3 is 17.9 Å². The Morgan fingerprint density at radius 1 is 0.770 bits per heavy atom. The molecular weight excluding hydrogens is 769 g/mol. The van der Waals surface area contributed by atoms with Gasteiger partial charge in [0.15, 0.2) is 11.4 Å². The van der Waals surface area contributed by atoms with E-state index in [1.54, 1.807) is 19.9 Å². The van der Waals surface area contributed by atoms with Gasteiger partial charge in [0.1, 0.15) is 18.3 Å². The number of rotatable bonds is 27. The average molecular weight is 849 g/mol. The zero-order valence-electron chi connectivity index (χ0n) is 38.8. The van der Waals surface area contributed by atoms with E-state index in [0.717, 1.165) is 70.6 Å². The second-order valence-electron chi connectivity index (χ2n) is 19.1. The molecule has 0 spiro atoms. The molecule has 2 fully saturated rings. The molecular formula is C52H80O9. The number of allylic oxidation sites excluding steroid dienone is 6. The number of aliphatic hydroxyl groups is 2. The summed E-state index contributed by atoms with van der Waals surface area (Å²) >= 11 is 0. The van der Waals surface area contributed by atoms with Gasteiger partial charge in [-0.3, -0.25) is 19.2 Å². The number of ether oxygens (including phenoxy) is 3. The van der Waals surface area contributed by atoms with Crippen molar-refractivity contribution in [1.82, 2.24) is 0 Å². The SMILES string of the molecule is CC/C=C\C/C=C\C/C=C\CCCCCCCC(=O)OCC1=C[C@@H]2[C@@H]3C(C)(C)[C@]3(OC(C)=O)[C@H](OC(=O)CCCCCCCCCCC)[C@@H](C)[C@]2(O)[C@H]2C=C(C)C(=O)[C@@]2(O)C1. The fourth-order valence-electron chi connectivity index (χ4n) is 11.0. The van der Waals surface area contributed by atoms with Crippen molar-refractivity contribution >= 4 is 23.7 Å². The second kappa shape index (κ2) is 23.4. The number of hydrogen-bond acceptors (Lipinski definition) is 9. The Hall–Kier alpha value is -3.30. The molecule has 0 heterocycles. The molecule has 0 bridgehead atoms. The molecule has 9 nitrogen and oxygen atoms in total. The summed E-state index contributed by atoms with van der Waals surface area (Å²) in [5.41, 5.74) is -4.88. The second-order valence-corrected chi connectivity index (χ2v) is 19.1. The first-order valence-corrected chi connectivity index (χ1v) is 24.0. The predicted molar refractivity (Wildman–Crippen MR) is 241 cm³/mol. The molecule has 4 aliphatic rings. The topological polar surface area (TPSA) is 136 Å². The van der Waals surface area contributed by atoms with Crippen LogP contribution in [-0.4, -0.2) is 63.4 Å². The van der Waals surface area contributed by atoms with Gasteiger partial charge < -0.3 is 24.4 Å². The fourth-order valence-corrected chi connectivity index (χ4v) is 11.0. The van der Waals surface area contributed by atoms with Gasteiger partial charge in [0, 0.05) is 55.3 Å². The van der Waals surface area contributed by atoms with Gasteiger partial charge in [0.25, 0.3) is 0 Å². The highest BCUT2D eigenvalue weighted by atomic mass is 16.6. The number of unbranched alkanes of at least 4 members (excludes halogenated alkanes) is 13. The number of Topliss-reactive ketones (excluding diaryl/α,β-unsaturated/α-hetero) is 1. The standard InChI is InChI=1S/C52H80O9/c1-8-10-12-14-16-18-19-20-21-22-23-25-26-28-30-32-44(54)59-37-41-35-42-46-49(6,7)52(46,61-40(5)53)48(60-45(55)33-31-29-27-24-17-15-13-11-9-2)39(4)51(42,58)43-34-38(3)47(56)50(43,57)36-41/h10,12,16,18,20-21,34-35,39,42-43,46,48,57-58H,8-9,11,13-15,17,19,22-33,36-37H2,1-7H3/b12-10-,18-16-,21-20-/t39-,42-,43+,46-,48-,50-,51-,52-/m1/s1. The quantitative estimate of drug-likeness (QED) is 0.0358. The lowest BCUT2D eigenvalue weighted by molar-refractivity contribution is -0.228. The molecule has 2 N–H and O–H groups in total. The van der Waals surface area contributed by atoms with Crippen LogP contribution in [0.5, 0.6) is 0 Å². The van der Waals surface area contributed by atoms with E-state index in [-0.39, 0.29) is 31.8 Å². The fraction of sp³-hybridized carbons (Fsp3) is 0.731. The van der Waals surface area contributed by atoms with Gasteiger partial charge in [-0.1, -0.05) is 154 Å². The molecule has 0 aromatic heterocycles. The Balaban J connectivity index is 1.39. The lowest BCUT2D eigenvalue weighted by Crippen LogP contribution is -2.66. The summed E-state index contributed by atoms with van der Waals surface area (Å²) in [7, 11) is 0. The minimum absolute atomic E-state index is 0.124. The summed E-state index contributed by atoms with van der Waals surface area (Å²) in [6.07, 6.45) is 34.9. The smallest absolute Gasteiger partial charge is 0.306 e. The van der Waals surface area contributed by atoms with E-state index in [2.05, 4.69) is 50.3 Å². The molecule has 4 rings (SSSR count). The summed E-state index contributed by atoms with van der Waals surface area (Å²) in [4.78, 5) is 53.3. The summed E-state index contributed by atoms with van der Waals surface area (Å²) in [6, 6.07) is 0. The monoisotopic (exact) mass is 849 g/mol. The van der Waals surface area contributed by atoms with Crippen LogP contribution in [0.2, 0.25) is 0 Å². The van der Waals surface area contributed by atoms with E-state index in [1.165, 1.54) is 39.0 Å². The highest BCUT2D eigenvalue weighted by Crippen LogP contribution is 2.77. The van der Waals surface area contributed by atoms with Crippen LogP contribution in [0.25, 0.3) is 0 Å². The Bertz CT molecular complexity index is 1630. The van der Waals surface area contributed by atoms with Crippen LogP contribution >= 0.6 is 0 Å². The largest absolute Gasteiger partial charge is 0.461 e. The van der Waals surface area contributed by atoms with Crippen LogP contribution in [-0.2, 0) is 33.4 Å². The summed E-state index contributed by atoms with van der Waals surface area (Å²) in [5.74, 6) is -4.88. The first-order chi connectivity index (χ1) is 29.1. The van der Waals surface area contributed by atoms with Crippen molar-refractivity contribution in [3.63, 3.8) is 0 Å². The van der Waals surface area contributed by atoms with Crippen molar-refractivity contribution in [1.29, 1.82) is 0 Å². The first-order valence-electron chi connectivity index (χ1n) is 24.0. The van der Waals surface area contributed by atoms with Crippen molar-refractivity contribution in [2.75, 3.05) is 6.61 Å². The highest BCUT2D eigenvalue weighted by molar-refractivity contribution is 6.04. The van der Waals surface area contributed by atoms with Gasteiger partial charge in [-0.2, -0.15) is 0 Å². The zero-order chi connectivity index (χ0) is 44.7. The number of fused-ring (bicyclic) bond motifs is 5. The maximum Gasteiger partial charge on any atom is 0.306 e. The van der Waals surface area contributed by atoms with Crippen molar-refractivity contribution in [3.8, 4) is 0 Å². The molecule has 4 aliphatic carbocycles. The molecule has 0 aromatic carbocycles. The van der Waals surface area contributed by atoms with E-state index in [4.69, 9.17) is 14.2 Å². The third-order valence-electron chi connectivity index (χ3n) is 14.3. The molecule has 342 valence electrons. The molecule has 0 amide bonds. The number of hydrogen-bond donors (Lipinski definition) is 2. The van der Waals surface area contributed by atoms with Crippen LogP contribution in [0.1, 0.15) is 183 Å². The summed E-state index contributed by atoms with van der Waals surface area (Å²) in [5, 5.41) is 25.5. The molecule has 9 heteroatoms. The normalized spacial score (nSPS) is 30.1. The van der Waals surface area contributed by atoms with Crippen molar-refractivity contribution in [2.45, 2.75) is 206 Å². The van der Waals surface area contributed by atoms with Crippen LogP contribution < -0.4 is 0 Å². The number of esters is 3. The van der Waals surface area contributed by atoms with E-state index < -0.39 is 69.7 Å². The Kier molecular flexibility index (Phi) is 19.3. The molecule has 0 radical (unpaired) electrons. The number of carbonyl (C=O) groups is 4. The maximum absolute atomic E-state index is 13.8. The lowest BCUT2D eigenvalue weighted by atomic mass is 9.59. The molecule has 0 aromatic rings. The van der Waals surface area contributed by atoms with Crippen LogP contribution in [0.3, 0.4) is 0 Å². The summed E-state index contributed by atoms with van der Waals surface area (Å²) < 4.78 is 18.3. The van der Waals surface area contributed by atoms with Crippen molar-refractivity contribution in [2.24, 2.45) is 29.1 Å². The van der Waals surface area contributed by atoms with Crippen LogP contribution in [0.4, 0.5) is 0 Å². The van der Waals surface area contributed by atoms with Crippen molar-refractivity contribution in [3.05, 3.63) is 59.8 Å². The molecule has 61 heavy (non-hydrogen) atoms. The van der Waals surface area contributed by atoms with Crippen LogP contribution in [0.15, 0.2) is 59.8 Å². The third kappa shape index (κ3) is 12.0. The molecule has 2 saturated carbocycles. The Morgan fingerprint density at radius 3 is 1.93 bits per heavy atom. The van der Waals surface area contributed by atoms with E-state index in [1.807, 2.05) is 19.9 Å². The Morgan fingerprint density at radius 2 is 1.33 bits per heavy atom. The van der Waals surface area contributed by atoms with E-state index in [9.17, 15) is 29.4 Å². The van der Waals surface area contributed by atoms with Gasteiger partial charge in [-0.05, 0) is 63.0 Å². The van der Waals surface area contributed by atoms with Crippen LogP contribution in [0, 0.1) is 29.1 Å². The van der Waals surface area contributed by atoms with Gasteiger partial charge in [0.2, 0.25) is 0 Å². The minimum Gasteiger partial charge on any atom is -0.461 e. The van der Waals surface area contributed by atoms with Gasteiger partial charge in [0.05, 0.1) is 5.60 Å². The summed E-state index contributed by atoms with van der Waals surface area (Å²) in [6.45, 7) is 12.9. The zero-order valence-corrected chi connectivity index (χ0v) is 38.8. The van der Waals surface area contributed by atoms with E-state index >= 15 is 0 Å². The minimum atomic E-state index is -2.00. The lowest BCUT2D eigenvalue weighted by Gasteiger charge is -2.53. The highest BCUT2D eigenvalue weighted by Gasteiger charge is 2.87. The number of ketones is 1. The molecule has 0 saturated heterocycles. The van der Waals surface area contributed by atoms with Crippen molar-refractivity contribution < 1.29 is 43.6 Å². The Labute approximate surface area is 367 Å². The maximum atomic E-state index is 13.8. The van der Waals surface area contributed by atoms with E-state index in [0.29, 0.717) is 24.0 Å². The average Bonchev–Trinajstić information content (AvgIpc) is 3.64. The first kappa shape index (κ1) is 50.3. The molecule has 8 atom stereocenters. The molecule has 0 unspecified atom stereocenters. The number of carbonyl (C=O) groups excluding carboxylic acids is 4. The van der Waals surface area contributed by atoms with Gasteiger partial charge in [-0.15, -0.1) is 0 Å². The predicted octanol–water partition coefficient (Wildman–Crippen LogP) is 11.1. The third-order valence-corrected chi connectivity index (χ3v) is 14.3. The van der Waals surface area contributed by atoms with Gasteiger partial charge in [-0.25, -0.2) is 0 Å². The molecule has 0 aliphatic heterocycles.